The lowest BCUT2D eigenvalue weighted by Gasteiger charge is -2.31. The van der Waals surface area contributed by atoms with Crippen LogP contribution in [0.3, 0.4) is 0 Å². The van der Waals surface area contributed by atoms with Crippen molar-refractivity contribution in [3.63, 3.8) is 0 Å². The van der Waals surface area contributed by atoms with Crippen LogP contribution in [0.4, 0.5) is 0 Å². The van der Waals surface area contributed by atoms with Crippen LogP contribution in [0.2, 0.25) is 0 Å². The van der Waals surface area contributed by atoms with Crippen LogP contribution in [0.5, 0.6) is 0 Å². The topological polar surface area (TPSA) is 74.5 Å². The van der Waals surface area contributed by atoms with Crippen LogP contribution in [0.1, 0.15) is 70.2 Å². The van der Waals surface area contributed by atoms with Crippen molar-refractivity contribution >= 4 is 5.96 Å². The molecule has 0 aliphatic rings. The molecule has 0 aliphatic carbocycles. The van der Waals surface area contributed by atoms with Gasteiger partial charge in [-0.25, -0.2) is 4.99 Å². The molecule has 160 valence electrons. The van der Waals surface area contributed by atoms with E-state index in [1.54, 1.807) is 0 Å². The summed E-state index contributed by atoms with van der Waals surface area (Å²) in [6, 6.07) is 10.8. The summed E-state index contributed by atoms with van der Waals surface area (Å²) < 4.78 is 5.46. The van der Waals surface area contributed by atoms with Crippen molar-refractivity contribution in [1.29, 1.82) is 0 Å². The molecule has 1 aromatic carbocycles. The predicted octanol–water partition coefficient (Wildman–Crippen LogP) is 3.98. The molecule has 1 unspecified atom stereocenters. The quantitative estimate of drug-likeness (QED) is 0.416. The summed E-state index contributed by atoms with van der Waals surface area (Å²) in [4.78, 5) is 4.78. The molecule has 3 N–H and O–H groups in total. The van der Waals surface area contributed by atoms with E-state index in [9.17, 15) is 0 Å². The largest absolute Gasteiger partial charge is 0.361 e. The SMILES string of the molecule is CCNC(=NCc1c(CC)noc1CC)NCC(C)(C)NC(C)c1ccccc1. The summed E-state index contributed by atoms with van der Waals surface area (Å²) in [6.45, 7) is 15.0. The first kappa shape index (κ1) is 22.9. The van der Waals surface area contributed by atoms with E-state index in [0.29, 0.717) is 6.54 Å². The Balaban J connectivity index is 2.00. The Bertz CT molecular complexity index is 745. The van der Waals surface area contributed by atoms with Crippen molar-refractivity contribution in [2.24, 2.45) is 4.99 Å². The Labute approximate surface area is 175 Å². The van der Waals surface area contributed by atoms with Gasteiger partial charge in [-0.2, -0.15) is 0 Å². The fraction of sp³-hybridized carbons (Fsp3) is 0.565. The molecular weight excluding hydrogens is 362 g/mol. The van der Waals surface area contributed by atoms with E-state index in [1.165, 1.54) is 5.56 Å². The number of nitrogens with zero attached hydrogens (tertiary/aromatic N) is 2. The molecule has 6 nitrogen and oxygen atoms in total. The maximum absolute atomic E-state index is 5.46. The second kappa shape index (κ2) is 11.0. The van der Waals surface area contributed by atoms with Crippen LogP contribution < -0.4 is 16.0 Å². The predicted molar refractivity (Wildman–Crippen MR) is 120 cm³/mol. The van der Waals surface area contributed by atoms with E-state index in [-0.39, 0.29) is 11.6 Å². The zero-order chi connectivity index (χ0) is 21.3. The number of hydrogen-bond acceptors (Lipinski definition) is 4. The highest BCUT2D eigenvalue weighted by atomic mass is 16.5. The molecule has 0 amide bonds. The van der Waals surface area contributed by atoms with Crippen molar-refractivity contribution in [1.82, 2.24) is 21.1 Å². The summed E-state index contributed by atoms with van der Waals surface area (Å²) in [6.07, 6.45) is 1.68. The molecule has 0 radical (unpaired) electrons. The monoisotopic (exact) mass is 399 g/mol. The van der Waals surface area contributed by atoms with Crippen molar-refractivity contribution in [3.8, 4) is 0 Å². The zero-order valence-corrected chi connectivity index (χ0v) is 18.8. The maximum atomic E-state index is 5.46. The summed E-state index contributed by atoms with van der Waals surface area (Å²) in [7, 11) is 0. The average molecular weight is 400 g/mol. The van der Waals surface area contributed by atoms with Crippen LogP contribution in [-0.4, -0.2) is 29.7 Å². The highest BCUT2D eigenvalue weighted by Gasteiger charge is 2.21. The molecule has 2 rings (SSSR count). The second-order valence-corrected chi connectivity index (χ2v) is 7.95. The van der Waals surface area contributed by atoms with Crippen LogP contribution in [0.25, 0.3) is 0 Å². The molecule has 0 spiro atoms. The minimum atomic E-state index is -0.105. The van der Waals surface area contributed by atoms with Gasteiger partial charge >= 0.3 is 0 Å². The molecule has 6 heteroatoms. The number of aliphatic imine (C=N–C) groups is 1. The standard InChI is InChI=1S/C23H37N5O/c1-7-20-19(21(8-2)29-28-20)15-25-22(24-9-3)26-16-23(5,6)27-17(4)18-13-11-10-12-14-18/h10-14,17,27H,7-9,15-16H2,1-6H3,(H2,24,25,26). The molecule has 29 heavy (non-hydrogen) atoms. The van der Waals surface area contributed by atoms with Crippen LogP contribution in [0, 0.1) is 0 Å². The minimum absolute atomic E-state index is 0.105. The van der Waals surface area contributed by atoms with Gasteiger partial charge in [0.2, 0.25) is 0 Å². The van der Waals surface area contributed by atoms with Gasteiger partial charge in [0.15, 0.2) is 5.96 Å². The number of hydrogen-bond donors (Lipinski definition) is 3. The highest BCUT2D eigenvalue weighted by Crippen LogP contribution is 2.17. The third kappa shape index (κ3) is 6.89. The Morgan fingerprint density at radius 3 is 2.45 bits per heavy atom. The number of benzene rings is 1. The molecular formula is C23H37N5O. The molecule has 2 aromatic rings. The number of aryl methyl sites for hydroxylation is 2. The number of nitrogens with one attached hydrogen (secondary N) is 3. The number of aromatic nitrogens is 1. The summed E-state index contributed by atoms with van der Waals surface area (Å²) in [5.41, 5.74) is 3.29. The van der Waals surface area contributed by atoms with Crippen LogP contribution >= 0.6 is 0 Å². The lowest BCUT2D eigenvalue weighted by atomic mass is 10.0. The highest BCUT2D eigenvalue weighted by molar-refractivity contribution is 5.79. The Morgan fingerprint density at radius 1 is 1.10 bits per heavy atom. The Kier molecular flexibility index (Phi) is 8.70. The van der Waals surface area contributed by atoms with Crippen molar-refractivity contribution in [2.45, 2.75) is 72.5 Å². The third-order valence-electron chi connectivity index (χ3n) is 4.95. The van der Waals surface area contributed by atoms with Gasteiger partial charge in [-0.05, 0) is 39.7 Å². The van der Waals surface area contributed by atoms with Gasteiger partial charge in [-0.3, -0.25) is 0 Å². The normalized spacial score (nSPS) is 13.4. The Morgan fingerprint density at radius 2 is 1.83 bits per heavy atom. The van der Waals surface area contributed by atoms with E-state index >= 15 is 0 Å². The summed E-state index contributed by atoms with van der Waals surface area (Å²) in [5.74, 6) is 1.74. The van der Waals surface area contributed by atoms with Crippen molar-refractivity contribution in [3.05, 3.63) is 52.9 Å². The van der Waals surface area contributed by atoms with Gasteiger partial charge in [0.05, 0.1) is 12.2 Å². The summed E-state index contributed by atoms with van der Waals surface area (Å²) in [5, 5.41) is 14.7. The summed E-state index contributed by atoms with van der Waals surface area (Å²) >= 11 is 0. The second-order valence-electron chi connectivity index (χ2n) is 7.95. The Hall–Kier alpha value is -2.34. The molecule has 0 bridgehead atoms. The third-order valence-corrected chi connectivity index (χ3v) is 4.95. The van der Waals surface area contributed by atoms with Gasteiger partial charge in [0.1, 0.15) is 5.76 Å². The molecule has 0 saturated carbocycles. The van der Waals surface area contributed by atoms with E-state index in [0.717, 1.165) is 48.9 Å². The van der Waals surface area contributed by atoms with Gasteiger partial charge in [-0.1, -0.05) is 49.3 Å². The lowest BCUT2D eigenvalue weighted by molar-refractivity contribution is 0.345. The van der Waals surface area contributed by atoms with Gasteiger partial charge in [0.25, 0.3) is 0 Å². The molecule has 1 aromatic heterocycles. The molecule has 0 aliphatic heterocycles. The van der Waals surface area contributed by atoms with Gasteiger partial charge < -0.3 is 20.5 Å². The first-order valence-corrected chi connectivity index (χ1v) is 10.7. The van der Waals surface area contributed by atoms with E-state index in [1.807, 2.05) is 6.07 Å². The van der Waals surface area contributed by atoms with Crippen molar-refractivity contribution < 1.29 is 4.52 Å². The number of guanidine groups is 1. The lowest BCUT2D eigenvalue weighted by Crippen LogP contribution is -2.52. The zero-order valence-electron chi connectivity index (χ0n) is 18.8. The van der Waals surface area contributed by atoms with Crippen LogP contribution in [-0.2, 0) is 19.4 Å². The van der Waals surface area contributed by atoms with Gasteiger partial charge in [0, 0.05) is 36.7 Å². The minimum Gasteiger partial charge on any atom is -0.361 e. The average Bonchev–Trinajstić information content (AvgIpc) is 3.12. The molecule has 1 heterocycles. The molecule has 0 fully saturated rings. The maximum Gasteiger partial charge on any atom is 0.191 e. The first-order chi connectivity index (χ1) is 13.9. The molecule has 0 saturated heterocycles. The van der Waals surface area contributed by atoms with Crippen molar-refractivity contribution in [2.75, 3.05) is 13.1 Å². The van der Waals surface area contributed by atoms with E-state index < -0.39 is 0 Å². The smallest absolute Gasteiger partial charge is 0.191 e. The van der Waals surface area contributed by atoms with E-state index in [2.05, 4.69) is 86.9 Å². The first-order valence-electron chi connectivity index (χ1n) is 10.7. The van der Waals surface area contributed by atoms with Gasteiger partial charge in [-0.15, -0.1) is 0 Å². The van der Waals surface area contributed by atoms with Crippen LogP contribution in [0.15, 0.2) is 39.8 Å². The molecule has 1 atom stereocenters. The van der Waals surface area contributed by atoms with E-state index in [4.69, 9.17) is 9.52 Å². The number of rotatable bonds is 10. The fourth-order valence-corrected chi connectivity index (χ4v) is 3.38. The fourth-order valence-electron chi connectivity index (χ4n) is 3.38.